The van der Waals surface area contributed by atoms with Gasteiger partial charge >= 0.3 is 5.97 Å². The van der Waals surface area contributed by atoms with Crippen LogP contribution >= 0.6 is 0 Å². The van der Waals surface area contributed by atoms with E-state index in [0.29, 0.717) is 17.8 Å². The minimum atomic E-state index is -1.06. The van der Waals surface area contributed by atoms with Gasteiger partial charge in [0.2, 0.25) is 0 Å². The van der Waals surface area contributed by atoms with Crippen molar-refractivity contribution in [2.24, 2.45) is 23.5 Å². The topological polar surface area (TPSA) is 61.5 Å². The van der Waals surface area contributed by atoms with Crippen molar-refractivity contribution in [3.05, 3.63) is 0 Å². The van der Waals surface area contributed by atoms with Crippen molar-refractivity contribution in [3.63, 3.8) is 0 Å². The lowest BCUT2D eigenvalue weighted by molar-refractivity contribution is -0.151. The first-order chi connectivity index (χ1) is 8.77. The first-order valence-electron chi connectivity index (χ1n) is 7.26. The van der Waals surface area contributed by atoms with Crippen molar-refractivity contribution in [3.8, 4) is 0 Å². The van der Waals surface area contributed by atoms with Gasteiger partial charge in [0.05, 0.1) is 19.8 Å². The summed E-state index contributed by atoms with van der Waals surface area (Å²) in [5.74, 6) is 1.42. The monoisotopic (exact) mass is 271 g/mol. The molecule has 4 heteroatoms. The van der Waals surface area contributed by atoms with Crippen LogP contribution in [0.5, 0.6) is 0 Å². The molecule has 19 heavy (non-hydrogen) atoms. The molecule has 0 aromatic carbocycles. The molecule has 0 heterocycles. The number of hydrogen-bond acceptors (Lipinski definition) is 4. The molecule has 1 aliphatic rings. The predicted octanol–water partition coefficient (Wildman–Crippen LogP) is 2.35. The van der Waals surface area contributed by atoms with E-state index in [9.17, 15) is 4.79 Å². The smallest absolute Gasteiger partial charge is 0.327 e. The molecule has 1 fully saturated rings. The molecule has 4 nitrogen and oxygen atoms in total. The molecule has 0 bridgehead atoms. The van der Waals surface area contributed by atoms with E-state index >= 15 is 0 Å². The molecule has 1 rings (SSSR count). The van der Waals surface area contributed by atoms with Gasteiger partial charge < -0.3 is 15.2 Å². The van der Waals surface area contributed by atoms with Crippen LogP contribution < -0.4 is 5.73 Å². The zero-order chi connectivity index (χ0) is 14.6. The largest absolute Gasteiger partial charge is 0.468 e. The highest BCUT2D eigenvalue weighted by Crippen LogP contribution is 2.35. The van der Waals surface area contributed by atoms with Crippen LogP contribution in [-0.2, 0) is 14.3 Å². The maximum Gasteiger partial charge on any atom is 0.327 e. The molecular weight excluding hydrogens is 242 g/mol. The van der Waals surface area contributed by atoms with Crippen molar-refractivity contribution in [1.29, 1.82) is 0 Å². The van der Waals surface area contributed by atoms with Gasteiger partial charge in [0.1, 0.15) is 5.54 Å². The van der Waals surface area contributed by atoms with Crippen molar-refractivity contribution >= 4 is 5.97 Å². The Kier molecular flexibility index (Phi) is 5.81. The van der Waals surface area contributed by atoms with Crippen LogP contribution in [0, 0.1) is 17.8 Å². The quantitative estimate of drug-likeness (QED) is 0.780. The Morgan fingerprint density at radius 3 is 2.58 bits per heavy atom. The van der Waals surface area contributed by atoms with Gasteiger partial charge in [-0.15, -0.1) is 0 Å². The third-order valence-corrected chi connectivity index (χ3v) is 4.21. The van der Waals surface area contributed by atoms with Crippen LogP contribution in [0.15, 0.2) is 0 Å². The maximum absolute atomic E-state index is 11.6. The number of rotatable bonds is 5. The van der Waals surface area contributed by atoms with Crippen LogP contribution in [0.2, 0.25) is 0 Å². The van der Waals surface area contributed by atoms with E-state index in [1.165, 1.54) is 20.0 Å². The predicted molar refractivity (Wildman–Crippen MR) is 75.7 cm³/mol. The van der Waals surface area contributed by atoms with Gasteiger partial charge in [0.25, 0.3) is 0 Å². The van der Waals surface area contributed by atoms with Gasteiger partial charge in [0, 0.05) is 0 Å². The minimum absolute atomic E-state index is 0.205. The van der Waals surface area contributed by atoms with Gasteiger partial charge in [-0.25, -0.2) is 4.79 Å². The average molecular weight is 271 g/mol. The second kappa shape index (κ2) is 6.71. The Morgan fingerprint density at radius 2 is 2.05 bits per heavy atom. The minimum Gasteiger partial charge on any atom is -0.468 e. The molecule has 0 spiro atoms. The summed E-state index contributed by atoms with van der Waals surface area (Å²) in [5, 5.41) is 0. The average Bonchev–Trinajstić information content (AvgIpc) is 2.35. The summed E-state index contributed by atoms with van der Waals surface area (Å²) in [7, 11) is 1.35. The lowest BCUT2D eigenvalue weighted by Gasteiger charge is -2.38. The fourth-order valence-corrected chi connectivity index (χ4v) is 2.88. The molecule has 0 saturated heterocycles. The summed E-state index contributed by atoms with van der Waals surface area (Å²) in [4.78, 5) is 11.6. The molecule has 1 aliphatic carbocycles. The SMILES string of the molecule is COC(=O)C(C)(N)COC1CC(C)CCC1C(C)C. The number of nitrogens with two attached hydrogens (primary N) is 1. The van der Waals surface area contributed by atoms with E-state index < -0.39 is 11.5 Å². The molecule has 0 aromatic heterocycles. The number of carbonyl (C=O) groups excluding carboxylic acids is 1. The van der Waals surface area contributed by atoms with Crippen LogP contribution in [0.1, 0.15) is 47.0 Å². The van der Waals surface area contributed by atoms with Crippen LogP contribution in [0.25, 0.3) is 0 Å². The fourth-order valence-electron chi connectivity index (χ4n) is 2.88. The molecule has 0 aliphatic heterocycles. The molecule has 2 N–H and O–H groups in total. The first-order valence-corrected chi connectivity index (χ1v) is 7.26. The Labute approximate surface area is 117 Å². The van der Waals surface area contributed by atoms with E-state index in [1.54, 1.807) is 6.92 Å². The number of hydrogen-bond donors (Lipinski definition) is 1. The highest BCUT2D eigenvalue weighted by atomic mass is 16.5. The van der Waals surface area contributed by atoms with Gasteiger partial charge in [-0.3, -0.25) is 0 Å². The van der Waals surface area contributed by atoms with E-state index in [1.807, 2.05) is 0 Å². The number of ether oxygens (including phenoxy) is 2. The highest BCUT2D eigenvalue weighted by Gasteiger charge is 2.35. The molecule has 0 amide bonds. The van der Waals surface area contributed by atoms with Crippen LogP contribution in [0.3, 0.4) is 0 Å². The Hall–Kier alpha value is -0.610. The zero-order valence-corrected chi connectivity index (χ0v) is 12.9. The molecule has 4 unspecified atom stereocenters. The van der Waals surface area contributed by atoms with Crippen LogP contribution in [-0.4, -0.2) is 31.3 Å². The third kappa shape index (κ3) is 4.46. The number of methoxy groups -OCH3 is 1. The molecule has 1 saturated carbocycles. The van der Waals surface area contributed by atoms with E-state index in [2.05, 4.69) is 20.8 Å². The summed E-state index contributed by atoms with van der Waals surface area (Å²) in [5.41, 5.74) is 4.89. The Morgan fingerprint density at radius 1 is 1.42 bits per heavy atom. The maximum atomic E-state index is 11.6. The molecule has 0 aromatic rings. The molecule has 0 radical (unpaired) electrons. The first kappa shape index (κ1) is 16.4. The second-order valence-corrected chi connectivity index (χ2v) is 6.58. The molecule has 112 valence electrons. The van der Waals surface area contributed by atoms with Crippen LogP contribution in [0.4, 0.5) is 0 Å². The van der Waals surface area contributed by atoms with Gasteiger partial charge in [-0.05, 0) is 37.5 Å². The van der Waals surface area contributed by atoms with E-state index in [-0.39, 0.29) is 12.7 Å². The van der Waals surface area contributed by atoms with Gasteiger partial charge in [0.15, 0.2) is 0 Å². The second-order valence-electron chi connectivity index (χ2n) is 6.58. The molecule has 4 atom stereocenters. The summed E-state index contributed by atoms with van der Waals surface area (Å²) >= 11 is 0. The molecular formula is C15H29NO3. The fraction of sp³-hybridized carbons (Fsp3) is 0.933. The summed E-state index contributed by atoms with van der Waals surface area (Å²) < 4.78 is 10.7. The highest BCUT2D eigenvalue weighted by molar-refractivity contribution is 5.80. The van der Waals surface area contributed by atoms with Crippen molar-refractivity contribution in [2.45, 2.75) is 58.6 Å². The van der Waals surface area contributed by atoms with Gasteiger partial charge in [-0.1, -0.05) is 27.2 Å². The zero-order valence-electron chi connectivity index (χ0n) is 12.9. The lowest BCUT2D eigenvalue weighted by atomic mass is 9.75. The summed E-state index contributed by atoms with van der Waals surface area (Å²) in [6, 6.07) is 0. The van der Waals surface area contributed by atoms with Crippen molar-refractivity contribution < 1.29 is 14.3 Å². The lowest BCUT2D eigenvalue weighted by Crippen LogP contribution is -2.51. The Bertz CT molecular complexity index is 302. The summed E-state index contributed by atoms with van der Waals surface area (Å²) in [6.07, 6.45) is 3.72. The van der Waals surface area contributed by atoms with Crippen molar-refractivity contribution in [2.75, 3.05) is 13.7 Å². The standard InChI is InChI=1S/C15H29NO3/c1-10(2)12-7-6-11(3)8-13(12)19-9-15(4,16)14(17)18-5/h10-13H,6-9,16H2,1-5H3. The van der Waals surface area contributed by atoms with E-state index in [0.717, 1.165) is 6.42 Å². The summed E-state index contributed by atoms with van der Waals surface area (Å²) in [6.45, 7) is 8.61. The number of esters is 1. The Balaban J connectivity index is 2.59. The number of carbonyl (C=O) groups is 1. The third-order valence-electron chi connectivity index (χ3n) is 4.21. The van der Waals surface area contributed by atoms with E-state index in [4.69, 9.17) is 15.2 Å². The normalized spacial score (nSPS) is 31.0. The van der Waals surface area contributed by atoms with Gasteiger partial charge in [-0.2, -0.15) is 0 Å². The van der Waals surface area contributed by atoms with Crippen molar-refractivity contribution in [1.82, 2.24) is 0 Å².